The molecule has 4 heterocycles. The first-order chi connectivity index (χ1) is 33.1. The Bertz CT molecular complexity index is 2410. The fourth-order valence-electron chi connectivity index (χ4n) is 6.23. The Morgan fingerprint density at radius 3 is 2.16 bits per heavy atom. The number of anilines is 1. The summed E-state index contributed by atoms with van der Waals surface area (Å²) in [5.41, 5.74) is 7.85. The number of nitrogens with zero attached hydrogens (tertiary/aromatic N) is 7. The van der Waals surface area contributed by atoms with E-state index in [4.69, 9.17) is 29.8 Å². The normalized spacial score (nSPS) is 13.0. The van der Waals surface area contributed by atoms with Gasteiger partial charge in [0, 0.05) is 93.9 Å². The smallest absolute Gasteiger partial charge is 0.416 e. The maximum Gasteiger partial charge on any atom is 0.416 e. The molecule has 18 heteroatoms. The number of alkyl halides is 3. The number of pyridine rings is 1. The van der Waals surface area contributed by atoms with E-state index in [0.29, 0.717) is 94.4 Å². The van der Waals surface area contributed by atoms with E-state index >= 15 is 0 Å². The van der Waals surface area contributed by atoms with Crippen LogP contribution in [0.3, 0.4) is 0 Å². The molecule has 0 atom stereocenters. The van der Waals surface area contributed by atoms with Crippen molar-refractivity contribution in [2.24, 2.45) is 12.8 Å². The van der Waals surface area contributed by atoms with Crippen LogP contribution in [0.4, 0.5) is 18.9 Å². The van der Waals surface area contributed by atoms with Gasteiger partial charge in [-0.05, 0) is 88.6 Å². The third kappa shape index (κ3) is 20.6. The maximum absolute atomic E-state index is 14.1. The van der Waals surface area contributed by atoms with Crippen LogP contribution in [0.5, 0.6) is 5.75 Å². The molecule has 1 aliphatic heterocycles. The Kier molecular flexibility index (Phi) is 25.3. The summed E-state index contributed by atoms with van der Waals surface area (Å²) in [7, 11) is 9.85. The second-order valence-electron chi connectivity index (χ2n) is 15.9. The van der Waals surface area contributed by atoms with Crippen LogP contribution in [0.15, 0.2) is 91.7 Å². The number of ether oxygens (including phenoxy) is 4. The average Bonchev–Trinajstić information content (AvgIpc) is 3.93. The zero-order valence-corrected chi connectivity index (χ0v) is 41.3. The van der Waals surface area contributed by atoms with E-state index in [1.165, 1.54) is 18.2 Å². The van der Waals surface area contributed by atoms with E-state index < -0.39 is 17.6 Å². The van der Waals surface area contributed by atoms with E-state index in [-0.39, 0.29) is 29.1 Å². The first-order valence-electron chi connectivity index (χ1n) is 22.8. The van der Waals surface area contributed by atoms with Gasteiger partial charge in [-0.2, -0.15) is 13.2 Å². The Labute approximate surface area is 405 Å². The highest BCUT2D eigenvalue weighted by atomic mass is 19.4. The summed E-state index contributed by atoms with van der Waals surface area (Å²) in [6.07, 6.45) is 5.29. The quantitative estimate of drug-likeness (QED) is 0.0353. The summed E-state index contributed by atoms with van der Waals surface area (Å²) in [4.78, 5) is 27.8. The number of fused-ring (bicyclic) bond motifs is 1. The predicted molar refractivity (Wildman–Crippen MR) is 266 cm³/mol. The van der Waals surface area contributed by atoms with Gasteiger partial charge in [-0.1, -0.05) is 38.5 Å². The number of aliphatic hydroxyl groups excluding tert-OH is 1. The second kappa shape index (κ2) is 30.4. The molecule has 0 bridgehead atoms. The fourth-order valence-corrected chi connectivity index (χ4v) is 6.23. The number of amides is 1. The number of carbonyl (C=O) groups is 1. The maximum atomic E-state index is 14.1. The number of imidazole rings is 2. The lowest BCUT2D eigenvalue weighted by Crippen LogP contribution is -2.44. The zero-order chi connectivity index (χ0) is 50.8. The number of nitrogens with one attached hydrogen (secondary N) is 1. The molecule has 1 amide bonds. The molecule has 0 spiro atoms. The minimum absolute atomic E-state index is 0.0695. The number of aromatic nitrogens is 4. The molecule has 5 aromatic rings. The predicted octanol–water partition coefficient (Wildman–Crippen LogP) is 7.16. The van der Waals surface area contributed by atoms with Gasteiger partial charge in [0.15, 0.2) is 0 Å². The fraction of sp³-hybridized carbons (Fsp3) is 0.431. The lowest BCUT2D eigenvalue weighted by molar-refractivity contribution is -0.138. The molecule has 0 radical (unpaired) electrons. The number of aryl methyl sites for hydroxylation is 2. The Hall–Kier alpha value is -6.04. The average molecular weight is 962 g/mol. The first kappa shape index (κ1) is 57.3. The molecule has 4 N–H and O–H groups in total. The molecule has 15 nitrogen and oxygen atoms in total. The molecule has 2 aromatic carbocycles. The number of nitrogens with two attached hydrogens (primary N) is 1. The SMILES string of the molecule is C=C/C(O)=C\c1nccn1C.CC.CN(C)C.Cc1ccc(C(=O)Nc2ccc(CN3CCN(C)CC3)c(C(F)(F)F)c2)cc1C#Cc1cnc2cc(OCCOCCOCCOCCN)ccn12. The molecule has 1 fully saturated rings. The molecule has 1 saturated heterocycles. The van der Waals surface area contributed by atoms with Crippen molar-refractivity contribution in [1.29, 1.82) is 0 Å². The Morgan fingerprint density at radius 2 is 1.55 bits per heavy atom. The first-order valence-corrected chi connectivity index (χ1v) is 22.8. The van der Waals surface area contributed by atoms with Gasteiger partial charge in [0.1, 0.15) is 35.3 Å². The summed E-state index contributed by atoms with van der Waals surface area (Å²) in [5.74, 6) is 7.17. The summed E-state index contributed by atoms with van der Waals surface area (Å²) in [6, 6.07) is 12.6. The third-order valence-corrected chi connectivity index (χ3v) is 9.82. The van der Waals surface area contributed by atoms with E-state index in [1.54, 1.807) is 47.3 Å². The van der Waals surface area contributed by atoms with Crippen LogP contribution in [-0.4, -0.2) is 152 Å². The number of aliphatic hydroxyl groups is 1. The van der Waals surface area contributed by atoms with Gasteiger partial charge in [-0.25, -0.2) is 9.97 Å². The number of halogens is 3. The summed E-state index contributed by atoms with van der Waals surface area (Å²) in [6.45, 7) is 16.1. The molecular weight excluding hydrogens is 892 g/mol. The Morgan fingerprint density at radius 1 is 0.899 bits per heavy atom. The third-order valence-electron chi connectivity index (χ3n) is 9.82. The molecule has 1 aliphatic rings. The number of benzene rings is 2. The second-order valence-corrected chi connectivity index (χ2v) is 15.9. The van der Waals surface area contributed by atoms with E-state index in [2.05, 4.69) is 38.6 Å². The monoisotopic (exact) mass is 962 g/mol. The van der Waals surface area contributed by atoms with Crippen molar-refractivity contribution in [2.45, 2.75) is 33.5 Å². The number of hydrogen-bond donors (Lipinski definition) is 3. The number of likely N-dealkylation sites (N-methyl/N-ethyl adjacent to an activating group) is 1. The van der Waals surface area contributed by atoms with Gasteiger partial charge < -0.3 is 49.5 Å². The van der Waals surface area contributed by atoms with Crippen LogP contribution < -0.4 is 15.8 Å². The lowest BCUT2D eigenvalue weighted by atomic mass is 10.0. The number of carbonyl (C=O) groups excluding carboxylic acids is 1. The summed E-state index contributed by atoms with van der Waals surface area (Å²) >= 11 is 0. The molecule has 69 heavy (non-hydrogen) atoms. The topological polar surface area (TPSA) is 157 Å². The number of rotatable bonds is 18. The van der Waals surface area contributed by atoms with E-state index in [0.717, 1.165) is 24.7 Å². The van der Waals surface area contributed by atoms with Gasteiger partial charge in [-0.15, -0.1) is 0 Å². The van der Waals surface area contributed by atoms with Crippen molar-refractivity contribution in [3.63, 3.8) is 0 Å². The van der Waals surface area contributed by atoms with E-state index in [1.807, 2.05) is 88.7 Å². The van der Waals surface area contributed by atoms with Crippen LogP contribution in [0.2, 0.25) is 0 Å². The molecular formula is C51H70F3N9O6. The number of allylic oxidation sites excluding steroid dienone is 1. The molecule has 0 unspecified atom stereocenters. The van der Waals surface area contributed by atoms with Crippen molar-refractivity contribution in [1.82, 2.24) is 33.6 Å². The number of hydrogen-bond acceptors (Lipinski definition) is 12. The standard InChI is InChI=1S/C38H45F3N6O5.C8H10N2O.C3H9N.C2H6/c1-28-3-4-30(37(48)44-32-7-5-31(35(24-32)38(39,40)41)27-46-14-12-45(2)13-15-46)23-29(28)6-8-33-26-43-36-25-34(9-11-47(33)36)52-22-21-51-20-19-50-18-17-49-16-10-42;1-3-7(11)6-8-9-4-5-10(8)2;1-4(2)3;1-2/h3-5,7,9,11,23-26H,10,12-22,27,42H2,1-2H3,(H,44,48);3-6,11H,1H2,2H3;1-3H3;1-2H3/b;7-6+;;. The van der Waals surface area contributed by atoms with Crippen molar-refractivity contribution in [3.8, 4) is 17.6 Å². The molecule has 3 aromatic heterocycles. The van der Waals surface area contributed by atoms with Crippen LogP contribution in [0, 0.1) is 18.8 Å². The molecule has 376 valence electrons. The van der Waals surface area contributed by atoms with Gasteiger partial charge >= 0.3 is 6.18 Å². The summed E-state index contributed by atoms with van der Waals surface area (Å²) in [5, 5.41) is 11.7. The van der Waals surface area contributed by atoms with Gasteiger partial charge in [-0.3, -0.25) is 14.1 Å². The minimum Gasteiger partial charge on any atom is -0.508 e. The van der Waals surface area contributed by atoms with Crippen LogP contribution in [0.25, 0.3) is 11.7 Å². The number of piperazine rings is 1. The van der Waals surface area contributed by atoms with Gasteiger partial charge in [0.25, 0.3) is 5.91 Å². The highest BCUT2D eigenvalue weighted by Crippen LogP contribution is 2.35. The largest absolute Gasteiger partial charge is 0.508 e. The van der Waals surface area contributed by atoms with Crippen LogP contribution in [-0.2, 0) is 34.0 Å². The minimum atomic E-state index is -4.56. The Balaban J connectivity index is 0.000000629. The van der Waals surface area contributed by atoms with Crippen molar-refractivity contribution < 1.29 is 42.0 Å². The highest BCUT2D eigenvalue weighted by molar-refractivity contribution is 6.04. The van der Waals surface area contributed by atoms with E-state index in [9.17, 15) is 18.0 Å². The van der Waals surface area contributed by atoms with Crippen molar-refractivity contribution >= 4 is 23.3 Å². The van der Waals surface area contributed by atoms with Gasteiger partial charge in [0.05, 0.1) is 51.4 Å². The van der Waals surface area contributed by atoms with Gasteiger partial charge in [0.2, 0.25) is 0 Å². The van der Waals surface area contributed by atoms with Crippen LogP contribution >= 0.6 is 0 Å². The lowest BCUT2D eigenvalue weighted by Gasteiger charge is -2.33. The molecule has 6 rings (SSSR count). The zero-order valence-electron chi connectivity index (χ0n) is 41.3. The van der Waals surface area contributed by atoms with Crippen LogP contribution in [0.1, 0.15) is 58.0 Å². The van der Waals surface area contributed by atoms with Crippen molar-refractivity contribution in [3.05, 3.63) is 131 Å². The highest BCUT2D eigenvalue weighted by Gasteiger charge is 2.34. The molecule has 0 aliphatic carbocycles. The summed E-state index contributed by atoms with van der Waals surface area (Å²) < 4.78 is 67.9. The molecule has 0 saturated carbocycles. The van der Waals surface area contributed by atoms with Crippen molar-refractivity contribution in [2.75, 3.05) is 112 Å².